The maximum absolute atomic E-state index is 5.60. The van der Waals surface area contributed by atoms with Crippen molar-refractivity contribution in [1.82, 2.24) is 4.90 Å². The van der Waals surface area contributed by atoms with E-state index in [9.17, 15) is 0 Å². The molecule has 3 nitrogen and oxygen atoms in total. The standard InChI is InChI=1S/C5H13N3/c1-8-2-4(6)5(7)3-8/h4-5H,2-3,6-7H2,1H3/t4-,5-/m0/s1. The predicted octanol–water partition coefficient (Wildman–Crippen LogP) is -1.41. The van der Waals surface area contributed by atoms with Crippen LogP contribution in [0.5, 0.6) is 0 Å². The van der Waals surface area contributed by atoms with Gasteiger partial charge >= 0.3 is 0 Å². The molecular weight excluding hydrogens is 102 g/mol. The third-order valence-electron chi connectivity index (χ3n) is 1.59. The molecule has 1 saturated heterocycles. The van der Waals surface area contributed by atoms with Crippen molar-refractivity contribution < 1.29 is 0 Å². The lowest BCUT2D eigenvalue weighted by Gasteiger charge is -2.04. The molecule has 1 aliphatic heterocycles. The van der Waals surface area contributed by atoms with Crippen molar-refractivity contribution in [2.75, 3.05) is 20.1 Å². The summed E-state index contributed by atoms with van der Waals surface area (Å²) in [4.78, 5) is 2.15. The van der Waals surface area contributed by atoms with E-state index in [0.717, 1.165) is 13.1 Å². The van der Waals surface area contributed by atoms with Crippen molar-refractivity contribution in [1.29, 1.82) is 0 Å². The Balaban J connectivity index is 2.39. The van der Waals surface area contributed by atoms with Crippen LogP contribution in [0.25, 0.3) is 0 Å². The molecule has 1 fully saturated rings. The van der Waals surface area contributed by atoms with Gasteiger partial charge in [-0.1, -0.05) is 0 Å². The van der Waals surface area contributed by atoms with Crippen LogP contribution in [-0.4, -0.2) is 37.1 Å². The van der Waals surface area contributed by atoms with Gasteiger partial charge in [-0.05, 0) is 7.05 Å². The molecule has 2 atom stereocenters. The minimum absolute atomic E-state index is 0.194. The lowest BCUT2D eigenvalue weighted by molar-refractivity contribution is 0.407. The van der Waals surface area contributed by atoms with Crippen LogP contribution in [0.4, 0.5) is 0 Å². The molecule has 0 radical (unpaired) electrons. The number of nitrogens with zero attached hydrogens (tertiary/aromatic N) is 1. The fraction of sp³-hybridized carbons (Fsp3) is 1.00. The first kappa shape index (κ1) is 6.01. The maximum atomic E-state index is 5.60. The molecule has 0 spiro atoms. The Morgan fingerprint density at radius 2 is 1.62 bits per heavy atom. The smallest absolute Gasteiger partial charge is 0.0334 e. The highest BCUT2D eigenvalue weighted by Gasteiger charge is 2.23. The molecule has 0 aromatic carbocycles. The first-order valence-corrected chi connectivity index (χ1v) is 2.90. The lowest BCUT2D eigenvalue weighted by Crippen LogP contribution is -2.39. The van der Waals surface area contributed by atoms with Crippen LogP contribution < -0.4 is 11.5 Å². The number of hydrogen-bond donors (Lipinski definition) is 2. The monoisotopic (exact) mass is 115 g/mol. The quantitative estimate of drug-likeness (QED) is 0.407. The van der Waals surface area contributed by atoms with Gasteiger partial charge in [-0.3, -0.25) is 0 Å². The summed E-state index contributed by atoms with van der Waals surface area (Å²) in [6.07, 6.45) is 0. The van der Waals surface area contributed by atoms with Crippen LogP contribution in [0, 0.1) is 0 Å². The second-order valence-electron chi connectivity index (χ2n) is 2.55. The summed E-state index contributed by atoms with van der Waals surface area (Å²) in [5.41, 5.74) is 11.2. The second-order valence-corrected chi connectivity index (χ2v) is 2.55. The molecule has 0 aromatic rings. The number of likely N-dealkylation sites (N-methyl/N-ethyl adjacent to an activating group) is 1. The van der Waals surface area contributed by atoms with Crippen LogP contribution in [0.3, 0.4) is 0 Å². The highest BCUT2D eigenvalue weighted by molar-refractivity contribution is 4.87. The van der Waals surface area contributed by atoms with E-state index in [1.54, 1.807) is 0 Å². The zero-order valence-electron chi connectivity index (χ0n) is 5.17. The van der Waals surface area contributed by atoms with Gasteiger partial charge in [0, 0.05) is 25.2 Å². The van der Waals surface area contributed by atoms with Crippen LogP contribution in [0.15, 0.2) is 0 Å². The fourth-order valence-electron chi connectivity index (χ4n) is 1.07. The van der Waals surface area contributed by atoms with E-state index in [1.807, 2.05) is 7.05 Å². The van der Waals surface area contributed by atoms with Crippen LogP contribution in [0.2, 0.25) is 0 Å². The Morgan fingerprint density at radius 1 is 1.25 bits per heavy atom. The summed E-state index contributed by atoms with van der Waals surface area (Å²) >= 11 is 0. The molecule has 1 aliphatic rings. The summed E-state index contributed by atoms with van der Waals surface area (Å²) in [6, 6.07) is 0.389. The summed E-state index contributed by atoms with van der Waals surface area (Å²) in [6.45, 7) is 1.89. The zero-order chi connectivity index (χ0) is 6.15. The number of hydrogen-bond acceptors (Lipinski definition) is 3. The number of likely N-dealkylation sites (tertiary alicyclic amines) is 1. The van der Waals surface area contributed by atoms with E-state index >= 15 is 0 Å². The molecule has 0 amide bonds. The highest BCUT2D eigenvalue weighted by atomic mass is 15.2. The Labute approximate surface area is 49.6 Å². The summed E-state index contributed by atoms with van der Waals surface area (Å²) in [5.74, 6) is 0. The Morgan fingerprint density at radius 3 is 1.75 bits per heavy atom. The van der Waals surface area contributed by atoms with E-state index in [0.29, 0.717) is 0 Å². The van der Waals surface area contributed by atoms with Gasteiger partial charge in [0.15, 0.2) is 0 Å². The van der Waals surface area contributed by atoms with Crippen LogP contribution in [-0.2, 0) is 0 Å². The molecule has 3 heteroatoms. The first-order chi connectivity index (χ1) is 3.70. The van der Waals surface area contributed by atoms with Crippen molar-refractivity contribution in [2.45, 2.75) is 12.1 Å². The molecule has 1 rings (SSSR count). The van der Waals surface area contributed by atoms with Gasteiger partial charge in [-0.25, -0.2) is 0 Å². The van der Waals surface area contributed by atoms with Crippen molar-refractivity contribution in [2.24, 2.45) is 11.5 Å². The van der Waals surface area contributed by atoms with E-state index in [1.165, 1.54) is 0 Å². The average Bonchev–Trinajstić information content (AvgIpc) is 1.85. The van der Waals surface area contributed by atoms with Crippen molar-refractivity contribution in [3.63, 3.8) is 0 Å². The van der Waals surface area contributed by atoms with Gasteiger partial charge in [0.2, 0.25) is 0 Å². The fourth-order valence-corrected chi connectivity index (χ4v) is 1.07. The topological polar surface area (TPSA) is 55.3 Å². The third-order valence-corrected chi connectivity index (χ3v) is 1.59. The SMILES string of the molecule is CN1C[C@H](N)[C@@H](N)C1. The van der Waals surface area contributed by atoms with Gasteiger partial charge in [-0.2, -0.15) is 0 Å². The minimum atomic E-state index is 0.194. The summed E-state index contributed by atoms with van der Waals surface area (Å²) in [7, 11) is 2.03. The minimum Gasteiger partial charge on any atom is -0.325 e. The Hall–Kier alpha value is -0.120. The lowest BCUT2D eigenvalue weighted by atomic mass is 10.2. The van der Waals surface area contributed by atoms with E-state index < -0.39 is 0 Å². The zero-order valence-corrected chi connectivity index (χ0v) is 5.17. The molecule has 8 heavy (non-hydrogen) atoms. The van der Waals surface area contributed by atoms with Crippen LogP contribution in [0.1, 0.15) is 0 Å². The van der Waals surface area contributed by atoms with Crippen LogP contribution >= 0.6 is 0 Å². The molecule has 1 heterocycles. The molecular formula is C5H13N3. The molecule has 4 N–H and O–H groups in total. The van der Waals surface area contributed by atoms with E-state index in [-0.39, 0.29) is 12.1 Å². The third kappa shape index (κ3) is 0.992. The average molecular weight is 115 g/mol. The van der Waals surface area contributed by atoms with Crippen molar-refractivity contribution in [3.8, 4) is 0 Å². The number of rotatable bonds is 0. The summed E-state index contributed by atoms with van der Waals surface area (Å²) in [5, 5.41) is 0. The molecule has 0 bridgehead atoms. The highest BCUT2D eigenvalue weighted by Crippen LogP contribution is 2.01. The molecule has 48 valence electrons. The van der Waals surface area contributed by atoms with Gasteiger partial charge in [0.05, 0.1) is 0 Å². The Bertz CT molecular complexity index is 73.7. The molecule has 0 unspecified atom stereocenters. The second kappa shape index (κ2) is 2.01. The van der Waals surface area contributed by atoms with Gasteiger partial charge in [-0.15, -0.1) is 0 Å². The maximum Gasteiger partial charge on any atom is 0.0334 e. The van der Waals surface area contributed by atoms with Gasteiger partial charge in [0.25, 0.3) is 0 Å². The van der Waals surface area contributed by atoms with Gasteiger partial charge < -0.3 is 16.4 Å². The molecule has 0 saturated carbocycles. The summed E-state index contributed by atoms with van der Waals surface area (Å²) < 4.78 is 0. The van der Waals surface area contributed by atoms with Crippen molar-refractivity contribution in [3.05, 3.63) is 0 Å². The van der Waals surface area contributed by atoms with Gasteiger partial charge in [0.1, 0.15) is 0 Å². The van der Waals surface area contributed by atoms with E-state index in [4.69, 9.17) is 11.5 Å². The van der Waals surface area contributed by atoms with E-state index in [2.05, 4.69) is 4.90 Å². The normalized spacial score (nSPS) is 40.9. The molecule has 0 aromatic heterocycles. The number of nitrogens with two attached hydrogens (primary N) is 2. The first-order valence-electron chi connectivity index (χ1n) is 2.90. The Kier molecular flexibility index (Phi) is 1.51. The predicted molar refractivity (Wildman–Crippen MR) is 33.4 cm³/mol. The largest absolute Gasteiger partial charge is 0.325 e. The molecule has 0 aliphatic carbocycles. The van der Waals surface area contributed by atoms with Crippen molar-refractivity contribution >= 4 is 0 Å².